The van der Waals surface area contributed by atoms with Gasteiger partial charge >= 0.3 is 5.76 Å². The van der Waals surface area contributed by atoms with Crippen molar-refractivity contribution in [3.8, 4) is 22.5 Å². The van der Waals surface area contributed by atoms with Crippen molar-refractivity contribution in [2.75, 3.05) is 0 Å². The third-order valence-corrected chi connectivity index (χ3v) is 7.20. The molecule has 0 fully saturated rings. The Morgan fingerprint density at radius 1 is 1.05 bits per heavy atom. The molecule has 0 saturated carbocycles. The Morgan fingerprint density at radius 2 is 1.83 bits per heavy atom. The molecule has 2 aromatic heterocycles. The molecule has 1 aliphatic rings. The van der Waals surface area contributed by atoms with E-state index in [1.165, 1.54) is 6.92 Å². The molecule has 4 aromatic rings. The van der Waals surface area contributed by atoms with Crippen LogP contribution in [0.3, 0.4) is 0 Å². The fraction of sp³-hybridized carbons (Fsp3) is 0.273. The molecule has 1 atom stereocenters. The van der Waals surface area contributed by atoms with Crippen LogP contribution in [0, 0.1) is 0 Å². The van der Waals surface area contributed by atoms with Crippen molar-refractivity contribution in [2.24, 2.45) is 0 Å². The van der Waals surface area contributed by atoms with Crippen LogP contribution in [0.4, 0.5) is 4.39 Å². The minimum atomic E-state index is -1.36. The summed E-state index contributed by atoms with van der Waals surface area (Å²) in [5.41, 5.74) is 4.75. The topological polar surface area (TPSA) is 93.8 Å². The lowest BCUT2D eigenvalue weighted by Crippen LogP contribution is -2.31. The van der Waals surface area contributed by atoms with E-state index in [2.05, 4.69) is 17.1 Å². The van der Waals surface area contributed by atoms with Gasteiger partial charge in [-0.25, -0.2) is 14.2 Å². The lowest BCUT2D eigenvalue weighted by molar-refractivity contribution is 0.361. The number of hydrogen-bond donors (Lipinski definition) is 1. The van der Waals surface area contributed by atoms with E-state index in [-0.39, 0.29) is 11.3 Å². The van der Waals surface area contributed by atoms with Crippen molar-refractivity contribution in [1.82, 2.24) is 19.7 Å². The standard InChI is InChI=1S/C33H33FN4O3/c1-3-4-15-28-35-30(22(2)34)29(25-11-7-5-6-8-12-25)32(39)38(28)21-20-23-16-18-24(19-17-23)26-13-9-10-14-27(26)31-36-33(40)41-37-31/h5-7,9-14,16-19,22H,3-4,8,15,20-21H2,1-2H3,(H,36,37,40). The summed E-state index contributed by atoms with van der Waals surface area (Å²) >= 11 is 0. The molecule has 1 aliphatic carbocycles. The Balaban J connectivity index is 1.45. The van der Waals surface area contributed by atoms with E-state index in [1.807, 2.05) is 78.9 Å². The van der Waals surface area contributed by atoms with Crippen LogP contribution in [-0.4, -0.2) is 19.7 Å². The summed E-state index contributed by atoms with van der Waals surface area (Å²) in [4.78, 5) is 32.8. The Labute approximate surface area is 237 Å². The predicted octanol–water partition coefficient (Wildman–Crippen LogP) is 6.77. The minimum Gasteiger partial charge on any atom is -0.296 e. The highest BCUT2D eigenvalue weighted by Crippen LogP contribution is 2.30. The summed E-state index contributed by atoms with van der Waals surface area (Å²) in [5.74, 6) is 0.398. The summed E-state index contributed by atoms with van der Waals surface area (Å²) in [5, 5.41) is 3.84. The monoisotopic (exact) mass is 552 g/mol. The third-order valence-electron chi connectivity index (χ3n) is 7.20. The van der Waals surface area contributed by atoms with Crippen molar-refractivity contribution < 1.29 is 8.91 Å². The minimum absolute atomic E-state index is 0.199. The van der Waals surface area contributed by atoms with Gasteiger partial charge in [-0.3, -0.25) is 18.9 Å². The molecule has 2 aromatic carbocycles. The fourth-order valence-electron chi connectivity index (χ4n) is 5.08. The summed E-state index contributed by atoms with van der Waals surface area (Å²) in [7, 11) is 0. The average Bonchev–Trinajstić information content (AvgIpc) is 3.24. The van der Waals surface area contributed by atoms with Crippen molar-refractivity contribution in [2.45, 2.75) is 58.7 Å². The molecule has 0 spiro atoms. The van der Waals surface area contributed by atoms with E-state index in [4.69, 9.17) is 9.51 Å². The maximum absolute atomic E-state index is 14.8. The summed E-state index contributed by atoms with van der Waals surface area (Å²) in [6.07, 6.45) is 12.0. The quantitative estimate of drug-likeness (QED) is 0.234. The lowest BCUT2D eigenvalue weighted by Gasteiger charge is -2.18. The second-order valence-electron chi connectivity index (χ2n) is 10.1. The first-order valence-electron chi connectivity index (χ1n) is 14.0. The number of halogens is 1. The van der Waals surface area contributed by atoms with Crippen LogP contribution in [0.2, 0.25) is 0 Å². The normalized spacial score (nSPS) is 13.7. The largest absolute Gasteiger partial charge is 0.439 e. The van der Waals surface area contributed by atoms with Gasteiger partial charge in [0.2, 0.25) is 0 Å². The van der Waals surface area contributed by atoms with E-state index in [0.717, 1.165) is 35.1 Å². The maximum Gasteiger partial charge on any atom is 0.439 e. The zero-order valence-electron chi connectivity index (χ0n) is 23.3. The third kappa shape index (κ3) is 6.27. The zero-order chi connectivity index (χ0) is 28.8. The number of aryl methyl sites for hydroxylation is 2. The highest BCUT2D eigenvalue weighted by atomic mass is 19.1. The molecule has 0 amide bonds. The number of aromatic amines is 1. The number of nitrogens with zero attached hydrogens (tertiary/aromatic N) is 3. The van der Waals surface area contributed by atoms with Gasteiger partial charge < -0.3 is 0 Å². The maximum atomic E-state index is 14.8. The first-order chi connectivity index (χ1) is 20.0. The molecule has 8 heteroatoms. The van der Waals surface area contributed by atoms with Crippen LogP contribution in [0.5, 0.6) is 0 Å². The van der Waals surface area contributed by atoms with Crippen molar-refractivity contribution >= 4 is 5.57 Å². The van der Waals surface area contributed by atoms with Crippen LogP contribution in [-0.2, 0) is 19.4 Å². The molecule has 1 unspecified atom stereocenters. The summed E-state index contributed by atoms with van der Waals surface area (Å²) in [6.45, 7) is 3.96. The molecule has 0 bridgehead atoms. The SMILES string of the molecule is CCCCc1nc(C(C)F)c(C2=CCC=CC=C2)c(=O)n1CCc1ccc(-c2ccccc2-c2noc(=O)[nH]2)cc1. The molecule has 210 valence electrons. The number of H-pyrrole nitrogens is 1. The van der Waals surface area contributed by atoms with Gasteiger partial charge in [0.25, 0.3) is 5.56 Å². The van der Waals surface area contributed by atoms with Gasteiger partial charge in [0.15, 0.2) is 5.82 Å². The number of allylic oxidation sites excluding steroid dienone is 6. The van der Waals surface area contributed by atoms with Crippen LogP contribution in [0.15, 0.2) is 93.0 Å². The first kappa shape index (κ1) is 28.0. The molecular weight excluding hydrogens is 519 g/mol. The van der Waals surface area contributed by atoms with Gasteiger partial charge in [-0.05, 0) is 48.4 Å². The van der Waals surface area contributed by atoms with Gasteiger partial charge in [-0.2, -0.15) is 0 Å². The molecule has 41 heavy (non-hydrogen) atoms. The van der Waals surface area contributed by atoms with Gasteiger partial charge in [0.1, 0.15) is 12.0 Å². The molecule has 1 N–H and O–H groups in total. The van der Waals surface area contributed by atoms with Crippen LogP contribution >= 0.6 is 0 Å². The van der Waals surface area contributed by atoms with Crippen molar-refractivity contribution in [3.05, 3.63) is 122 Å². The molecule has 0 saturated heterocycles. The summed E-state index contributed by atoms with van der Waals surface area (Å²) < 4.78 is 21.3. The van der Waals surface area contributed by atoms with Crippen LogP contribution in [0.25, 0.3) is 28.1 Å². The molecule has 5 rings (SSSR count). The summed E-state index contributed by atoms with van der Waals surface area (Å²) in [6, 6.07) is 15.7. The molecule has 0 radical (unpaired) electrons. The number of hydrogen-bond acceptors (Lipinski definition) is 5. The van der Waals surface area contributed by atoms with E-state index in [0.29, 0.717) is 48.6 Å². The Kier molecular flexibility index (Phi) is 8.67. The van der Waals surface area contributed by atoms with Gasteiger partial charge in [0, 0.05) is 18.5 Å². The fourth-order valence-corrected chi connectivity index (χ4v) is 5.08. The number of alkyl halides is 1. The second kappa shape index (κ2) is 12.7. The Hall–Kier alpha value is -4.59. The number of nitrogens with one attached hydrogen (secondary N) is 1. The lowest BCUT2D eigenvalue weighted by atomic mass is 9.97. The van der Waals surface area contributed by atoms with Crippen molar-refractivity contribution in [3.63, 3.8) is 0 Å². The Bertz CT molecular complexity index is 1720. The van der Waals surface area contributed by atoms with Gasteiger partial charge in [-0.15, -0.1) is 0 Å². The highest BCUT2D eigenvalue weighted by molar-refractivity contribution is 5.80. The first-order valence-corrected chi connectivity index (χ1v) is 14.0. The van der Waals surface area contributed by atoms with Crippen LogP contribution in [0.1, 0.15) is 61.9 Å². The van der Waals surface area contributed by atoms with E-state index in [9.17, 15) is 14.0 Å². The Morgan fingerprint density at radius 3 is 2.54 bits per heavy atom. The predicted molar refractivity (Wildman–Crippen MR) is 159 cm³/mol. The van der Waals surface area contributed by atoms with Gasteiger partial charge in [0.05, 0.1) is 11.3 Å². The highest BCUT2D eigenvalue weighted by Gasteiger charge is 2.22. The van der Waals surface area contributed by atoms with E-state index >= 15 is 0 Å². The van der Waals surface area contributed by atoms with Gasteiger partial charge in [-0.1, -0.05) is 97.4 Å². The number of aromatic nitrogens is 4. The van der Waals surface area contributed by atoms with Crippen LogP contribution < -0.4 is 11.3 Å². The molecule has 0 aliphatic heterocycles. The zero-order valence-corrected chi connectivity index (χ0v) is 23.3. The second-order valence-corrected chi connectivity index (χ2v) is 10.1. The molecule has 7 nitrogen and oxygen atoms in total. The molecule has 2 heterocycles. The number of benzene rings is 2. The number of rotatable bonds is 10. The molecular formula is C33H33FN4O3. The smallest absolute Gasteiger partial charge is 0.296 e. The number of unbranched alkanes of at least 4 members (excludes halogenated alkanes) is 1. The van der Waals surface area contributed by atoms with Crippen molar-refractivity contribution in [1.29, 1.82) is 0 Å². The average molecular weight is 553 g/mol. The van der Waals surface area contributed by atoms with E-state index < -0.39 is 11.9 Å². The van der Waals surface area contributed by atoms with E-state index in [1.54, 1.807) is 4.57 Å².